The van der Waals surface area contributed by atoms with Gasteiger partial charge in [-0.15, -0.1) is 0 Å². The van der Waals surface area contributed by atoms with Crippen molar-refractivity contribution in [1.82, 2.24) is 0 Å². The van der Waals surface area contributed by atoms with Crippen molar-refractivity contribution in [2.75, 3.05) is 12.4 Å². The summed E-state index contributed by atoms with van der Waals surface area (Å²) in [5.74, 6) is -0.914. The van der Waals surface area contributed by atoms with Gasteiger partial charge in [-0.05, 0) is 42.4 Å². The normalized spacial score (nSPS) is 11.9. The number of rotatable bonds is 6. The van der Waals surface area contributed by atoms with Crippen LogP contribution in [-0.2, 0) is 11.2 Å². The van der Waals surface area contributed by atoms with E-state index in [0.29, 0.717) is 11.5 Å². The molecule has 0 spiro atoms. The van der Waals surface area contributed by atoms with E-state index in [4.69, 9.17) is 9.84 Å². The number of phenols is 1. The molecule has 0 saturated carbocycles. The molecule has 0 radical (unpaired) electrons. The number of aromatic carboxylic acids is 1. The predicted octanol–water partition coefficient (Wildman–Crippen LogP) is 2.59. The molecule has 22 heavy (non-hydrogen) atoms. The lowest BCUT2D eigenvalue weighted by Crippen LogP contribution is -2.14. The van der Waals surface area contributed by atoms with Crippen molar-refractivity contribution in [1.29, 1.82) is 0 Å². The van der Waals surface area contributed by atoms with Crippen LogP contribution in [-0.4, -0.2) is 33.1 Å². The highest BCUT2D eigenvalue weighted by molar-refractivity contribution is 7.91. The average Bonchev–Trinajstić information content (AvgIpc) is 2.47. The lowest BCUT2D eigenvalue weighted by Gasteiger charge is -2.12. The maximum atomic E-state index is 12.1. The smallest absolute Gasteiger partial charge is 0.339 e. The Morgan fingerprint density at radius 2 is 1.91 bits per heavy atom. The standard InChI is InChI=1S/C16H16O5S/c1-11-2-5-13(6-3-11)22(20)9-8-21-12-4-7-14(16(18)19)15(17)10-12/h2-7,10,17H,8-9H2,1H3,(H,18,19). The zero-order valence-electron chi connectivity index (χ0n) is 12.0. The summed E-state index contributed by atoms with van der Waals surface area (Å²) in [6, 6.07) is 11.4. The first-order chi connectivity index (χ1) is 10.5. The van der Waals surface area contributed by atoms with E-state index in [1.54, 1.807) is 0 Å². The highest BCUT2D eigenvalue weighted by Gasteiger charge is 2.12. The third-order valence-corrected chi connectivity index (χ3v) is 4.36. The van der Waals surface area contributed by atoms with Crippen molar-refractivity contribution >= 4 is 17.1 Å². The number of aryl methyl sites for hydroxylation is 1. The molecule has 1 unspecified atom stereocenters. The maximum Gasteiger partial charge on any atom is 0.339 e. The first kappa shape index (κ1) is 16.2. The van der Waals surface area contributed by atoms with Crippen molar-refractivity contribution in [2.45, 2.75) is 11.8 Å². The summed E-state index contributed by atoms with van der Waals surface area (Å²) in [6.45, 7) is 2.16. The highest BCUT2D eigenvalue weighted by atomic mass is 32.2. The largest absolute Gasteiger partial charge is 0.611 e. The summed E-state index contributed by atoms with van der Waals surface area (Å²) in [7, 11) is 0. The molecule has 2 aromatic rings. The molecule has 0 aromatic heterocycles. The Hall–Kier alpha value is -2.18. The van der Waals surface area contributed by atoms with Crippen LogP contribution in [0.25, 0.3) is 0 Å². The second kappa shape index (κ2) is 7.20. The zero-order chi connectivity index (χ0) is 16.1. The van der Waals surface area contributed by atoms with Crippen molar-refractivity contribution < 1.29 is 24.3 Å². The van der Waals surface area contributed by atoms with Crippen LogP contribution in [0.4, 0.5) is 0 Å². The minimum atomic E-state index is -1.20. The van der Waals surface area contributed by atoms with Gasteiger partial charge in [-0.1, -0.05) is 17.7 Å². The van der Waals surface area contributed by atoms with Crippen LogP contribution in [0.1, 0.15) is 15.9 Å². The third-order valence-electron chi connectivity index (χ3n) is 3.02. The van der Waals surface area contributed by atoms with Gasteiger partial charge in [-0.2, -0.15) is 0 Å². The molecule has 116 valence electrons. The minimum Gasteiger partial charge on any atom is -0.611 e. The van der Waals surface area contributed by atoms with Gasteiger partial charge in [0.1, 0.15) is 29.4 Å². The molecular formula is C16H16O5S. The minimum absolute atomic E-state index is 0.185. The van der Waals surface area contributed by atoms with Crippen molar-refractivity contribution in [3.05, 3.63) is 53.6 Å². The monoisotopic (exact) mass is 320 g/mol. The molecule has 0 heterocycles. The van der Waals surface area contributed by atoms with Crippen LogP contribution >= 0.6 is 0 Å². The number of hydrogen-bond acceptors (Lipinski definition) is 4. The molecule has 0 aliphatic rings. The molecular weight excluding hydrogens is 304 g/mol. The van der Waals surface area contributed by atoms with E-state index in [2.05, 4.69) is 0 Å². The zero-order valence-corrected chi connectivity index (χ0v) is 12.8. The molecule has 6 heteroatoms. The Balaban J connectivity index is 1.89. The second-order valence-corrected chi connectivity index (χ2v) is 6.27. The van der Waals surface area contributed by atoms with Crippen LogP contribution in [0.3, 0.4) is 0 Å². The number of carboxylic acid groups (broad SMARTS) is 1. The van der Waals surface area contributed by atoms with Gasteiger partial charge in [0.25, 0.3) is 0 Å². The van der Waals surface area contributed by atoms with E-state index in [0.717, 1.165) is 10.5 Å². The Morgan fingerprint density at radius 1 is 1.23 bits per heavy atom. The van der Waals surface area contributed by atoms with Crippen LogP contribution in [0.5, 0.6) is 11.5 Å². The number of carbonyl (C=O) groups is 1. The summed E-state index contributed by atoms with van der Waals surface area (Å²) >= 11 is -1.16. The van der Waals surface area contributed by atoms with Gasteiger partial charge in [-0.25, -0.2) is 4.79 Å². The molecule has 0 amide bonds. The maximum absolute atomic E-state index is 12.1. The lowest BCUT2D eigenvalue weighted by molar-refractivity contribution is 0.0693. The summed E-state index contributed by atoms with van der Waals surface area (Å²) in [6.07, 6.45) is 0. The molecule has 1 atom stereocenters. The van der Waals surface area contributed by atoms with Crippen molar-refractivity contribution in [3.63, 3.8) is 0 Å². The van der Waals surface area contributed by atoms with Gasteiger partial charge in [0, 0.05) is 6.07 Å². The quantitative estimate of drug-likeness (QED) is 0.798. The summed E-state index contributed by atoms with van der Waals surface area (Å²) in [4.78, 5) is 11.5. The molecule has 0 saturated heterocycles. The highest BCUT2D eigenvalue weighted by Crippen LogP contribution is 2.23. The van der Waals surface area contributed by atoms with Crippen molar-refractivity contribution in [2.24, 2.45) is 0 Å². The first-order valence-corrected chi connectivity index (χ1v) is 7.93. The number of aromatic hydroxyl groups is 1. The first-order valence-electron chi connectivity index (χ1n) is 6.61. The van der Waals surface area contributed by atoms with E-state index in [9.17, 15) is 14.5 Å². The van der Waals surface area contributed by atoms with Gasteiger partial charge in [0.2, 0.25) is 0 Å². The average molecular weight is 320 g/mol. The van der Waals surface area contributed by atoms with E-state index >= 15 is 0 Å². The van der Waals surface area contributed by atoms with Gasteiger partial charge in [0.15, 0.2) is 4.90 Å². The fourth-order valence-electron chi connectivity index (χ4n) is 1.83. The molecule has 0 fully saturated rings. The topological polar surface area (TPSA) is 89.8 Å². The van der Waals surface area contributed by atoms with Gasteiger partial charge >= 0.3 is 5.97 Å². The van der Waals surface area contributed by atoms with E-state index in [-0.39, 0.29) is 17.9 Å². The summed E-state index contributed by atoms with van der Waals surface area (Å²) in [5.41, 5.74) is 0.918. The molecule has 2 N–H and O–H groups in total. The van der Waals surface area contributed by atoms with Crippen LogP contribution in [0, 0.1) is 6.92 Å². The van der Waals surface area contributed by atoms with Gasteiger partial charge in [0.05, 0.1) is 0 Å². The molecule has 0 aliphatic heterocycles. The number of carboxylic acids is 1. The Kier molecular flexibility index (Phi) is 5.30. The molecule has 0 bridgehead atoms. The molecule has 0 aliphatic carbocycles. The molecule has 2 rings (SSSR count). The van der Waals surface area contributed by atoms with Gasteiger partial charge < -0.3 is 19.5 Å². The van der Waals surface area contributed by atoms with Gasteiger partial charge in [-0.3, -0.25) is 0 Å². The fraction of sp³-hybridized carbons (Fsp3) is 0.188. The molecule has 5 nitrogen and oxygen atoms in total. The SMILES string of the molecule is Cc1ccc([S+]([O-])CCOc2ccc(C(=O)O)c(O)c2)cc1. The predicted molar refractivity (Wildman–Crippen MR) is 83.0 cm³/mol. The molecule has 2 aromatic carbocycles. The van der Waals surface area contributed by atoms with E-state index in [1.807, 2.05) is 31.2 Å². The van der Waals surface area contributed by atoms with Crippen LogP contribution < -0.4 is 4.74 Å². The fourth-order valence-corrected chi connectivity index (χ4v) is 2.74. The Labute approximate surface area is 131 Å². The van der Waals surface area contributed by atoms with Crippen LogP contribution in [0.2, 0.25) is 0 Å². The number of benzene rings is 2. The Bertz CT molecular complexity index is 654. The number of hydrogen-bond donors (Lipinski definition) is 2. The third kappa shape index (κ3) is 4.16. The van der Waals surface area contributed by atoms with E-state index < -0.39 is 17.1 Å². The van der Waals surface area contributed by atoms with Crippen LogP contribution in [0.15, 0.2) is 47.4 Å². The lowest BCUT2D eigenvalue weighted by atomic mass is 10.2. The van der Waals surface area contributed by atoms with Crippen molar-refractivity contribution in [3.8, 4) is 11.5 Å². The number of ether oxygens (including phenoxy) is 1. The summed E-state index contributed by atoms with van der Waals surface area (Å²) in [5, 5.41) is 18.4. The second-order valence-electron chi connectivity index (χ2n) is 4.70. The summed E-state index contributed by atoms with van der Waals surface area (Å²) < 4.78 is 17.5. The Morgan fingerprint density at radius 3 is 2.50 bits per heavy atom. The van der Waals surface area contributed by atoms with E-state index in [1.165, 1.54) is 18.2 Å².